The SMILES string of the molecule is CCCS(=O)(=O)Cc1cccc(Nc2ncc(F)c(-c3ccc(F)cc3F)n2)c1. The molecule has 3 rings (SSSR count). The molecule has 0 spiro atoms. The number of halogens is 3. The van der Waals surface area contributed by atoms with E-state index in [1.54, 1.807) is 31.2 Å². The molecule has 0 unspecified atom stereocenters. The minimum absolute atomic E-state index is 0.0151. The van der Waals surface area contributed by atoms with Crippen LogP contribution in [-0.4, -0.2) is 24.1 Å². The van der Waals surface area contributed by atoms with Crippen molar-refractivity contribution in [1.29, 1.82) is 0 Å². The molecular formula is C20H18F3N3O2S. The molecule has 29 heavy (non-hydrogen) atoms. The average molecular weight is 421 g/mol. The molecule has 0 aliphatic heterocycles. The Kier molecular flexibility index (Phi) is 6.17. The topological polar surface area (TPSA) is 72.0 Å². The largest absolute Gasteiger partial charge is 0.324 e. The van der Waals surface area contributed by atoms with Crippen molar-refractivity contribution in [3.63, 3.8) is 0 Å². The second-order valence-electron chi connectivity index (χ2n) is 6.43. The Morgan fingerprint density at radius 3 is 2.55 bits per heavy atom. The molecular weight excluding hydrogens is 403 g/mol. The van der Waals surface area contributed by atoms with Gasteiger partial charge in [0.15, 0.2) is 15.7 Å². The smallest absolute Gasteiger partial charge is 0.227 e. The van der Waals surface area contributed by atoms with Gasteiger partial charge in [0.05, 0.1) is 17.7 Å². The van der Waals surface area contributed by atoms with Crippen LogP contribution in [0.2, 0.25) is 0 Å². The van der Waals surface area contributed by atoms with Crippen LogP contribution in [0.3, 0.4) is 0 Å². The van der Waals surface area contributed by atoms with Gasteiger partial charge in [0.2, 0.25) is 5.95 Å². The summed E-state index contributed by atoms with van der Waals surface area (Å²) >= 11 is 0. The van der Waals surface area contributed by atoms with E-state index < -0.39 is 27.3 Å². The van der Waals surface area contributed by atoms with Crippen molar-refractivity contribution in [2.75, 3.05) is 11.1 Å². The van der Waals surface area contributed by atoms with Gasteiger partial charge in [-0.2, -0.15) is 0 Å². The first-order valence-corrected chi connectivity index (χ1v) is 10.6. The summed E-state index contributed by atoms with van der Waals surface area (Å²) < 4.78 is 65.3. The van der Waals surface area contributed by atoms with E-state index in [4.69, 9.17) is 0 Å². The third-order valence-corrected chi connectivity index (χ3v) is 5.82. The third-order valence-electron chi connectivity index (χ3n) is 4.02. The summed E-state index contributed by atoms with van der Waals surface area (Å²) in [5.41, 5.74) is 0.553. The summed E-state index contributed by atoms with van der Waals surface area (Å²) in [5, 5.41) is 2.85. The Hall–Kier alpha value is -2.94. The highest BCUT2D eigenvalue weighted by Crippen LogP contribution is 2.26. The second kappa shape index (κ2) is 8.60. The fraction of sp³-hybridized carbons (Fsp3) is 0.200. The first-order chi connectivity index (χ1) is 13.8. The van der Waals surface area contributed by atoms with Gasteiger partial charge in [-0.3, -0.25) is 0 Å². The predicted molar refractivity (Wildman–Crippen MR) is 105 cm³/mol. The quantitative estimate of drug-likeness (QED) is 0.602. The van der Waals surface area contributed by atoms with E-state index in [-0.39, 0.29) is 28.7 Å². The van der Waals surface area contributed by atoms with Crippen LogP contribution in [0.4, 0.5) is 24.8 Å². The lowest BCUT2D eigenvalue weighted by atomic mass is 10.1. The van der Waals surface area contributed by atoms with E-state index in [1.165, 1.54) is 0 Å². The van der Waals surface area contributed by atoms with Gasteiger partial charge in [-0.15, -0.1) is 0 Å². The molecule has 1 N–H and O–H groups in total. The highest BCUT2D eigenvalue weighted by molar-refractivity contribution is 7.90. The summed E-state index contributed by atoms with van der Waals surface area (Å²) in [6.45, 7) is 1.79. The van der Waals surface area contributed by atoms with Crippen molar-refractivity contribution < 1.29 is 21.6 Å². The Balaban J connectivity index is 1.87. The van der Waals surface area contributed by atoms with E-state index in [0.29, 0.717) is 23.7 Å². The molecule has 5 nitrogen and oxygen atoms in total. The molecule has 152 valence electrons. The van der Waals surface area contributed by atoms with Crippen molar-refractivity contribution in [3.8, 4) is 11.3 Å². The van der Waals surface area contributed by atoms with Gasteiger partial charge in [-0.05, 0) is 36.2 Å². The molecule has 0 bridgehead atoms. The summed E-state index contributed by atoms with van der Waals surface area (Å²) in [6, 6.07) is 9.39. The van der Waals surface area contributed by atoms with Crippen molar-refractivity contribution in [3.05, 3.63) is 71.7 Å². The van der Waals surface area contributed by atoms with Crippen molar-refractivity contribution >= 4 is 21.5 Å². The van der Waals surface area contributed by atoms with Crippen LogP contribution < -0.4 is 5.32 Å². The Morgan fingerprint density at radius 2 is 1.83 bits per heavy atom. The van der Waals surface area contributed by atoms with E-state index >= 15 is 0 Å². The summed E-state index contributed by atoms with van der Waals surface area (Å²) in [6.07, 6.45) is 1.41. The highest BCUT2D eigenvalue weighted by atomic mass is 32.2. The number of nitrogens with zero attached hydrogens (tertiary/aromatic N) is 2. The zero-order valence-electron chi connectivity index (χ0n) is 15.5. The van der Waals surface area contributed by atoms with E-state index in [9.17, 15) is 21.6 Å². The molecule has 0 saturated heterocycles. The zero-order chi connectivity index (χ0) is 21.0. The predicted octanol–water partition coefficient (Wildman–Crippen LogP) is 4.63. The Bertz CT molecular complexity index is 1140. The molecule has 1 heterocycles. The van der Waals surface area contributed by atoms with Gasteiger partial charge in [-0.25, -0.2) is 31.6 Å². The van der Waals surface area contributed by atoms with E-state index in [0.717, 1.165) is 18.3 Å². The van der Waals surface area contributed by atoms with Gasteiger partial charge in [0.1, 0.15) is 17.3 Å². The number of aromatic nitrogens is 2. The number of rotatable bonds is 7. The number of anilines is 2. The van der Waals surface area contributed by atoms with Crippen LogP contribution in [0.5, 0.6) is 0 Å². The zero-order valence-corrected chi connectivity index (χ0v) is 16.3. The minimum atomic E-state index is -3.21. The third kappa shape index (κ3) is 5.32. The van der Waals surface area contributed by atoms with Gasteiger partial charge < -0.3 is 5.32 Å². The lowest BCUT2D eigenvalue weighted by Gasteiger charge is -2.10. The number of hydrogen-bond donors (Lipinski definition) is 1. The van der Waals surface area contributed by atoms with Crippen LogP contribution in [0, 0.1) is 17.5 Å². The lowest BCUT2D eigenvalue weighted by Crippen LogP contribution is -2.08. The number of hydrogen-bond acceptors (Lipinski definition) is 5. The monoisotopic (exact) mass is 421 g/mol. The molecule has 3 aromatic rings. The van der Waals surface area contributed by atoms with Crippen LogP contribution in [0.1, 0.15) is 18.9 Å². The molecule has 0 amide bonds. The Morgan fingerprint density at radius 1 is 1.03 bits per heavy atom. The normalized spacial score (nSPS) is 11.4. The van der Waals surface area contributed by atoms with Crippen molar-refractivity contribution in [1.82, 2.24) is 9.97 Å². The molecule has 0 fully saturated rings. The van der Waals surface area contributed by atoms with Crippen LogP contribution in [0.25, 0.3) is 11.3 Å². The maximum atomic E-state index is 14.1. The molecule has 9 heteroatoms. The maximum absolute atomic E-state index is 14.1. The molecule has 2 aromatic carbocycles. The summed E-state index contributed by atoms with van der Waals surface area (Å²) in [7, 11) is -3.21. The molecule has 0 radical (unpaired) electrons. The molecule has 0 saturated carbocycles. The molecule has 0 aliphatic carbocycles. The number of nitrogens with one attached hydrogen (secondary N) is 1. The fourth-order valence-electron chi connectivity index (χ4n) is 2.80. The van der Waals surface area contributed by atoms with Crippen molar-refractivity contribution in [2.24, 2.45) is 0 Å². The number of sulfone groups is 1. The van der Waals surface area contributed by atoms with E-state index in [1.807, 2.05) is 0 Å². The molecule has 0 atom stereocenters. The van der Waals surface area contributed by atoms with Gasteiger partial charge >= 0.3 is 0 Å². The van der Waals surface area contributed by atoms with Gasteiger partial charge in [0, 0.05) is 17.3 Å². The number of benzene rings is 2. The van der Waals surface area contributed by atoms with Gasteiger partial charge in [0.25, 0.3) is 0 Å². The maximum Gasteiger partial charge on any atom is 0.227 e. The molecule has 1 aromatic heterocycles. The van der Waals surface area contributed by atoms with Crippen LogP contribution >= 0.6 is 0 Å². The summed E-state index contributed by atoms with van der Waals surface area (Å²) in [5.74, 6) is -2.62. The average Bonchev–Trinajstić information content (AvgIpc) is 2.63. The molecule has 0 aliphatic rings. The fourth-order valence-corrected chi connectivity index (χ4v) is 4.26. The summed E-state index contributed by atoms with van der Waals surface area (Å²) in [4.78, 5) is 7.81. The second-order valence-corrected chi connectivity index (χ2v) is 8.62. The Labute approximate surface area is 166 Å². The highest BCUT2D eigenvalue weighted by Gasteiger charge is 2.15. The standard InChI is InChI=1S/C20H18F3N3O2S/c1-2-8-29(27,28)12-13-4-3-5-15(9-13)25-20-24-11-18(23)19(26-20)16-7-6-14(21)10-17(16)22/h3-7,9-11H,2,8,12H2,1H3,(H,24,25,26). The van der Waals surface area contributed by atoms with Gasteiger partial charge in [-0.1, -0.05) is 19.1 Å². The lowest BCUT2D eigenvalue weighted by molar-refractivity contribution is 0.580. The minimum Gasteiger partial charge on any atom is -0.324 e. The first kappa shape index (κ1) is 20.8. The van der Waals surface area contributed by atoms with E-state index in [2.05, 4.69) is 15.3 Å². The first-order valence-electron chi connectivity index (χ1n) is 8.82. The van der Waals surface area contributed by atoms with Crippen molar-refractivity contribution in [2.45, 2.75) is 19.1 Å². The van der Waals surface area contributed by atoms with Crippen LogP contribution in [-0.2, 0) is 15.6 Å². The van der Waals surface area contributed by atoms with Crippen LogP contribution in [0.15, 0.2) is 48.7 Å².